The van der Waals surface area contributed by atoms with Crippen LogP contribution in [0.4, 0.5) is 5.82 Å². The Morgan fingerprint density at radius 1 is 0.963 bits per heavy atom. The molecular weight excluding hydrogens is 336 g/mol. The minimum Gasteiger partial charge on any atom is -0.370 e. The van der Waals surface area contributed by atoms with Crippen LogP contribution in [-0.2, 0) is 6.54 Å². The molecule has 27 heavy (non-hydrogen) atoms. The molecule has 136 valence electrons. The van der Waals surface area contributed by atoms with Gasteiger partial charge in [-0.3, -0.25) is 4.98 Å². The Labute approximate surface area is 158 Å². The molecule has 0 atom stereocenters. The summed E-state index contributed by atoms with van der Waals surface area (Å²) in [4.78, 5) is 18.1. The van der Waals surface area contributed by atoms with Crippen molar-refractivity contribution in [1.29, 1.82) is 0 Å². The summed E-state index contributed by atoms with van der Waals surface area (Å²) >= 11 is 0. The molecule has 0 unspecified atom stereocenters. The second-order valence-corrected chi connectivity index (χ2v) is 6.53. The molecule has 0 amide bonds. The number of nitrogens with zero attached hydrogens (tertiary/aromatic N) is 5. The molecule has 0 spiro atoms. The maximum atomic E-state index is 4.68. The molecular formula is C21H22N6. The zero-order valence-electron chi connectivity index (χ0n) is 15.6. The molecule has 0 aliphatic carbocycles. The van der Waals surface area contributed by atoms with Crippen LogP contribution in [0.2, 0.25) is 0 Å². The molecule has 0 fully saturated rings. The SMILES string of the molecule is Cc1nc(-c2ccccn2)nc(NCCCn2cnc3ccccc32)c1C. The van der Waals surface area contributed by atoms with E-state index in [0.717, 1.165) is 47.8 Å². The van der Waals surface area contributed by atoms with Crippen molar-refractivity contribution < 1.29 is 0 Å². The fourth-order valence-corrected chi connectivity index (χ4v) is 3.06. The van der Waals surface area contributed by atoms with E-state index in [-0.39, 0.29) is 0 Å². The zero-order chi connectivity index (χ0) is 18.6. The number of para-hydroxylation sites is 2. The summed E-state index contributed by atoms with van der Waals surface area (Å²) in [5.74, 6) is 1.53. The van der Waals surface area contributed by atoms with E-state index < -0.39 is 0 Å². The first-order valence-electron chi connectivity index (χ1n) is 9.13. The largest absolute Gasteiger partial charge is 0.370 e. The van der Waals surface area contributed by atoms with E-state index in [1.165, 1.54) is 5.52 Å². The second-order valence-electron chi connectivity index (χ2n) is 6.53. The number of aromatic nitrogens is 5. The number of rotatable bonds is 6. The Bertz CT molecular complexity index is 1050. The van der Waals surface area contributed by atoms with Gasteiger partial charge in [0.15, 0.2) is 5.82 Å². The summed E-state index contributed by atoms with van der Waals surface area (Å²) in [5.41, 5.74) is 5.03. The Balaban J connectivity index is 1.44. The standard InChI is InChI=1S/C21H22N6/c1-15-16(2)25-21(18-9-5-6-11-22-18)26-20(15)23-12-7-13-27-14-24-17-8-3-4-10-19(17)27/h3-6,8-11,14H,7,12-13H2,1-2H3,(H,23,25,26). The molecule has 0 aliphatic rings. The van der Waals surface area contributed by atoms with E-state index in [1.807, 2.05) is 56.6 Å². The topological polar surface area (TPSA) is 68.5 Å². The summed E-state index contributed by atoms with van der Waals surface area (Å²) in [5, 5.41) is 3.46. The van der Waals surface area contributed by atoms with Crippen molar-refractivity contribution in [2.75, 3.05) is 11.9 Å². The lowest BCUT2D eigenvalue weighted by atomic mass is 10.2. The third-order valence-corrected chi connectivity index (χ3v) is 4.68. The average Bonchev–Trinajstić information content (AvgIpc) is 3.12. The fourth-order valence-electron chi connectivity index (χ4n) is 3.06. The highest BCUT2D eigenvalue weighted by atomic mass is 15.1. The van der Waals surface area contributed by atoms with Crippen molar-refractivity contribution in [3.05, 3.63) is 66.2 Å². The van der Waals surface area contributed by atoms with Gasteiger partial charge in [-0.25, -0.2) is 15.0 Å². The van der Waals surface area contributed by atoms with Gasteiger partial charge in [-0.05, 0) is 44.5 Å². The minimum atomic E-state index is 0.654. The van der Waals surface area contributed by atoms with Gasteiger partial charge in [0.1, 0.15) is 11.5 Å². The van der Waals surface area contributed by atoms with Crippen molar-refractivity contribution in [3.63, 3.8) is 0 Å². The monoisotopic (exact) mass is 358 g/mol. The van der Waals surface area contributed by atoms with Gasteiger partial charge in [0.25, 0.3) is 0 Å². The van der Waals surface area contributed by atoms with Gasteiger partial charge in [-0.2, -0.15) is 0 Å². The van der Waals surface area contributed by atoms with Crippen molar-refractivity contribution in [2.45, 2.75) is 26.8 Å². The first kappa shape index (κ1) is 17.1. The van der Waals surface area contributed by atoms with Gasteiger partial charge < -0.3 is 9.88 Å². The summed E-state index contributed by atoms with van der Waals surface area (Å²) in [7, 11) is 0. The average molecular weight is 358 g/mol. The predicted molar refractivity (Wildman–Crippen MR) is 108 cm³/mol. The van der Waals surface area contributed by atoms with Crippen LogP contribution in [0, 0.1) is 13.8 Å². The van der Waals surface area contributed by atoms with Gasteiger partial charge >= 0.3 is 0 Å². The van der Waals surface area contributed by atoms with Crippen LogP contribution in [0.15, 0.2) is 55.0 Å². The fraction of sp³-hybridized carbons (Fsp3) is 0.238. The molecule has 0 radical (unpaired) electrons. The summed E-state index contributed by atoms with van der Waals surface area (Å²) in [6.07, 6.45) is 4.64. The maximum absolute atomic E-state index is 4.68. The Morgan fingerprint density at radius 3 is 2.67 bits per heavy atom. The highest BCUT2D eigenvalue weighted by Crippen LogP contribution is 2.20. The lowest BCUT2D eigenvalue weighted by Gasteiger charge is -2.12. The van der Waals surface area contributed by atoms with Crippen molar-refractivity contribution in [3.8, 4) is 11.5 Å². The van der Waals surface area contributed by atoms with E-state index in [2.05, 4.69) is 35.9 Å². The number of hydrogen-bond acceptors (Lipinski definition) is 5. The number of pyridine rings is 1. The third kappa shape index (κ3) is 3.65. The van der Waals surface area contributed by atoms with Crippen LogP contribution in [0.5, 0.6) is 0 Å². The lowest BCUT2D eigenvalue weighted by Crippen LogP contribution is -2.10. The van der Waals surface area contributed by atoms with E-state index in [9.17, 15) is 0 Å². The van der Waals surface area contributed by atoms with Crippen molar-refractivity contribution >= 4 is 16.9 Å². The predicted octanol–water partition coefficient (Wildman–Crippen LogP) is 4.01. The smallest absolute Gasteiger partial charge is 0.180 e. The maximum Gasteiger partial charge on any atom is 0.180 e. The molecule has 6 heteroatoms. The summed E-state index contributed by atoms with van der Waals surface area (Å²) in [6, 6.07) is 14.0. The van der Waals surface area contributed by atoms with Gasteiger partial charge in [0.05, 0.1) is 17.4 Å². The molecule has 0 saturated heterocycles. The van der Waals surface area contributed by atoms with Crippen molar-refractivity contribution in [1.82, 2.24) is 24.5 Å². The highest BCUT2D eigenvalue weighted by molar-refractivity contribution is 5.74. The molecule has 6 nitrogen and oxygen atoms in total. The first-order valence-corrected chi connectivity index (χ1v) is 9.13. The Hall–Kier alpha value is -3.28. The van der Waals surface area contributed by atoms with Crippen LogP contribution in [-0.4, -0.2) is 31.0 Å². The number of imidazole rings is 1. The molecule has 3 heterocycles. The number of benzene rings is 1. The molecule has 1 aromatic carbocycles. The van der Waals surface area contributed by atoms with E-state index in [0.29, 0.717) is 5.82 Å². The highest BCUT2D eigenvalue weighted by Gasteiger charge is 2.10. The number of anilines is 1. The Kier molecular flexibility index (Phi) is 4.78. The van der Waals surface area contributed by atoms with Crippen LogP contribution < -0.4 is 5.32 Å². The molecule has 4 aromatic rings. The third-order valence-electron chi connectivity index (χ3n) is 4.68. The molecule has 0 saturated carbocycles. The second kappa shape index (κ2) is 7.53. The lowest BCUT2D eigenvalue weighted by molar-refractivity contribution is 0.676. The van der Waals surface area contributed by atoms with Crippen LogP contribution in [0.3, 0.4) is 0 Å². The molecule has 4 rings (SSSR count). The minimum absolute atomic E-state index is 0.654. The molecule has 0 bridgehead atoms. The molecule has 1 N–H and O–H groups in total. The number of nitrogens with one attached hydrogen (secondary N) is 1. The first-order chi connectivity index (χ1) is 13.2. The van der Waals surface area contributed by atoms with Crippen LogP contribution in [0.25, 0.3) is 22.6 Å². The van der Waals surface area contributed by atoms with Gasteiger partial charge in [-0.15, -0.1) is 0 Å². The van der Waals surface area contributed by atoms with E-state index in [4.69, 9.17) is 0 Å². The zero-order valence-corrected chi connectivity index (χ0v) is 15.6. The molecule has 3 aromatic heterocycles. The Morgan fingerprint density at radius 2 is 1.81 bits per heavy atom. The van der Waals surface area contributed by atoms with Crippen LogP contribution >= 0.6 is 0 Å². The van der Waals surface area contributed by atoms with Crippen LogP contribution in [0.1, 0.15) is 17.7 Å². The quantitative estimate of drug-likeness (QED) is 0.528. The van der Waals surface area contributed by atoms with Gasteiger partial charge in [-0.1, -0.05) is 18.2 Å². The summed E-state index contributed by atoms with van der Waals surface area (Å²) < 4.78 is 2.19. The van der Waals surface area contributed by atoms with Crippen molar-refractivity contribution in [2.24, 2.45) is 0 Å². The number of hydrogen-bond donors (Lipinski definition) is 1. The number of fused-ring (bicyclic) bond motifs is 1. The normalized spacial score (nSPS) is 11.0. The number of aryl methyl sites for hydroxylation is 2. The molecule has 0 aliphatic heterocycles. The van der Waals surface area contributed by atoms with Gasteiger partial charge in [0, 0.05) is 30.5 Å². The summed E-state index contributed by atoms with van der Waals surface area (Å²) in [6.45, 7) is 5.78. The van der Waals surface area contributed by atoms with E-state index in [1.54, 1.807) is 6.20 Å². The van der Waals surface area contributed by atoms with Gasteiger partial charge in [0.2, 0.25) is 0 Å². The van der Waals surface area contributed by atoms with E-state index >= 15 is 0 Å².